The first kappa shape index (κ1) is 20.5. The van der Waals surface area contributed by atoms with Crippen molar-refractivity contribution in [3.8, 4) is 0 Å². The van der Waals surface area contributed by atoms with Gasteiger partial charge in [0, 0.05) is 51.7 Å². The number of benzene rings is 1. The summed E-state index contributed by atoms with van der Waals surface area (Å²) in [7, 11) is 1.73. The molecule has 0 bridgehead atoms. The Balaban J connectivity index is 1.50. The van der Waals surface area contributed by atoms with Crippen molar-refractivity contribution in [2.24, 2.45) is 5.92 Å². The lowest BCUT2D eigenvalue weighted by Crippen LogP contribution is -2.39. The number of halogens is 1. The van der Waals surface area contributed by atoms with E-state index in [2.05, 4.69) is 16.5 Å². The molecule has 0 N–H and O–H groups in total. The summed E-state index contributed by atoms with van der Waals surface area (Å²) in [5, 5.41) is 0. The molecule has 1 saturated heterocycles. The third kappa shape index (κ3) is 5.41. The quantitative estimate of drug-likeness (QED) is 0.653. The Bertz CT molecular complexity index is 782. The molecule has 1 fully saturated rings. The third-order valence-electron chi connectivity index (χ3n) is 5.55. The van der Waals surface area contributed by atoms with E-state index in [1.165, 1.54) is 17.8 Å². The van der Waals surface area contributed by atoms with Crippen LogP contribution in [0.1, 0.15) is 36.3 Å². The van der Waals surface area contributed by atoms with Crippen LogP contribution in [-0.4, -0.2) is 47.2 Å². The lowest BCUT2D eigenvalue weighted by molar-refractivity contribution is -0.131. The summed E-state index contributed by atoms with van der Waals surface area (Å²) in [4.78, 5) is 19.1. The molecule has 0 unspecified atom stereocenters. The predicted molar refractivity (Wildman–Crippen MR) is 107 cm³/mol. The average molecular weight is 387 g/mol. The first-order chi connectivity index (χ1) is 13.6. The van der Waals surface area contributed by atoms with Crippen LogP contribution in [0, 0.1) is 18.7 Å². The number of carbonyl (C=O) groups excluding carboxylic acids is 1. The lowest BCUT2D eigenvalue weighted by atomic mass is 9.93. The molecule has 2 heterocycles. The van der Waals surface area contributed by atoms with Gasteiger partial charge in [0.1, 0.15) is 11.6 Å². The van der Waals surface area contributed by atoms with Gasteiger partial charge in [0.05, 0.1) is 6.42 Å². The molecule has 0 atom stereocenters. The number of aryl methyl sites for hydroxylation is 1. The number of imidazole rings is 1. The largest absolute Gasteiger partial charge is 0.385 e. The van der Waals surface area contributed by atoms with Crippen LogP contribution in [0.3, 0.4) is 0 Å². The molecule has 0 saturated carbocycles. The SMILES string of the molecule is COCCCn1c(C)cnc1CC1CCN(C(=O)Cc2cccc(F)c2)CC1. The van der Waals surface area contributed by atoms with Gasteiger partial charge in [0.15, 0.2) is 0 Å². The van der Waals surface area contributed by atoms with Crippen LogP contribution in [-0.2, 0) is 28.9 Å². The Hall–Kier alpha value is -2.21. The fraction of sp³-hybridized carbons (Fsp3) is 0.545. The summed E-state index contributed by atoms with van der Waals surface area (Å²) in [5.74, 6) is 1.47. The summed E-state index contributed by atoms with van der Waals surface area (Å²) in [6.07, 6.45) is 6.11. The highest BCUT2D eigenvalue weighted by atomic mass is 19.1. The Kier molecular flexibility index (Phi) is 7.20. The molecular weight excluding hydrogens is 357 g/mol. The zero-order valence-electron chi connectivity index (χ0n) is 16.9. The van der Waals surface area contributed by atoms with Crippen molar-refractivity contribution in [3.05, 3.63) is 53.4 Å². The highest BCUT2D eigenvalue weighted by molar-refractivity contribution is 5.78. The fourth-order valence-electron chi connectivity index (χ4n) is 3.92. The number of likely N-dealkylation sites (tertiary alicyclic amines) is 1. The Morgan fingerprint density at radius 1 is 1.32 bits per heavy atom. The second-order valence-corrected chi connectivity index (χ2v) is 7.65. The number of rotatable bonds is 8. The van der Waals surface area contributed by atoms with Crippen LogP contribution in [0.2, 0.25) is 0 Å². The number of ether oxygens (including phenoxy) is 1. The van der Waals surface area contributed by atoms with Crippen molar-refractivity contribution in [1.29, 1.82) is 0 Å². The standard InChI is InChI=1S/C22H30FN3O2/c1-17-16-24-21(26(17)9-4-12-28-2)14-18-7-10-25(11-8-18)22(27)15-19-5-3-6-20(23)13-19/h3,5-6,13,16,18H,4,7-12,14-15H2,1-2H3. The maximum atomic E-state index is 13.3. The smallest absolute Gasteiger partial charge is 0.226 e. The highest BCUT2D eigenvalue weighted by Gasteiger charge is 2.24. The van der Waals surface area contributed by atoms with Gasteiger partial charge in [-0.15, -0.1) is 0 Å². The van der Waals surface area contributed by atoms with E-state index in [4.69, 9.17) is 4.74 Å². The molecule has 0 spiro atoms. The molecule has 1 amide bonds. The number of hydrogen-bond donors (Lipinski definition) is 0. The maximum Gasteiger partial charge on any atom is 0.226 e. The molecule has 0 aliphatic carbocycles. The number of methoxy groups -OCH3 is 1. The summed E-state index contributed by atoms with van der Waals surface area (Å²) >= 11 is 0. The zero-order valence-corrected chi connectivity index (χ0v) is 16.9. The van der Waals surface area contributed by atoms with E-state index in [1.54, 1.807) is 19.2 Å². The summed E-state index contributed by atoms with van der Waals surface area (Å²) in [6.45, 7) is 5.31. The van der Waals surface area contributed by atoms with Crippen molar-refractivity contribution in [3.63, 3.8) is 0 Å². The second kappa shape index (κ2) is 9.82. The van der Waals surface area contributed by atoms with Crippen molar-refractivity contribution in [2.75, 3.05) is 26.8 Å². The van der Waals surface area contributed by atoms with E-state index in [0.717, 1.165) is 63.3 Å². The van der Waals surface area contributed by atoms with Gasteiger partial charge in [-0.2, -0.15) is 0 Å². The molecule has 2 aromatic rings. The summed E-state index contributed by atoms with van der Waals surface area (Å²) in [6, 6.07) is 6.30. The van der Waals surface area contributed by atoms with Gasteiger partial charge >= 0.3 is 0 Å². The summed E-state index contributed by atoms with van der Waals surface area (Å²) in [5.41, 5.74) is 1.93. The van der Waals surface area contributed by atoms with E-state index in [0.29, 0.717) is 5.92 Å². The monoisotopic (exact) mass is 387 g/mol. The van der Waals surface area contributed by atoms with Crippen molar-refractivity contribution >= 4 is 5.91 Å². The highest BCUT2D eigenvalue weighted by Crippen LogP contribution is 2.22. The number of carbonyl (C=O) groups is 1. The minimum Gasteiger partial charge on any atom is -0.385 e. The van der Waals surface area contributed by atoms with Gasteiger partial charge in [0.25, 0.3) is 0 Å². The fourth-order valence-corrected chi connectivity index (χ4v) is 3.92. The van der Waals surface area contributed by atoms with Crippen molar-refractivity contribution in [2.45, 2.75) is 45.6 Å². The van der Waals surface area contributed by atoms with E-state index in [-0.39, 0.29) is 18.1 Å². The van der Waals surface area contributed by atoms with Crippen LogP contribution in [0.4, 0.5) is 4.39 Å². The van der Waals surface area contributed by atoms with Gasteiger partial charge in [-0.3, -0.25) is 4.79 Å². The predicted octanol–water partition coefficient (Wildman–Crippen LogP) is 3.39. The minimum absolute atomic E-state index is 0.0842. The van der Waals surface area contributed by atoms with Gasteiger partial charge in [-0.25, -0.2) is 9.37 Å². The maximum absolute atomic E-state index is 13.3. The van der Waals surface area contributed by atoms with E-state index < -0.39 is 0 Å². The first-order valence-corrected chi connectivity index (χ1v) is 10.1. The Labute approximate surface area is 166 Å². The lowest BCUT2D eigenvalue weighted by Gasteiger charge is -2.32. The molecule has 3 rings (SSSR count). The van der Waals surface area contributed by atoms with Gasteiger partial charge < -0.3 is 14.2 Å². The van der Waals surface area contributed by atoms with E-state index in [1.807, 2.05) is 11.1 Å². The van der Waals surface area contributed by atoms with Gasteiger partial charge in [-0.1, -0.05) is 12.1 Å². The molecule has 5 nitrogen and oxygen atoms in total. The molecule has 6 heteroatoms. The normalized spacial score (nSPS) is 15.2. The number of hydrogen-bond acceptors (Lipinski definition) is 3. The zero-order chi connectivity index (χ0) is 19.9. The summed E-state index contributed by atoms with van der Waals surface area (Å²) < 4.78 is 20.8. The second-order valence-electron chi connectivity index (χ2n) is 7.65. The number of nitrogens with zero attached hydrogens (tertiary/aromatic N) is 3. The van der Waals surface area contributed by atoms with Crippen LogP contribution in [0.25, 0.3) is 0 Å². The molecule has 1 aliphatic heterocycles. The average Bonchev–Trinajstić information content (AvgIpc) is 3.02. The topological polar surface area (TPSA) is 47.4 Å². The number of piperidine rings is 1. The molecule has 0 radical (unpaired) electrons. The third-order valence-corrected chi connectivity index (χ3v) is 5.55. The first-order valence-electron chi connectivity index (χ1n) is 10.1. The number of aromatic nitrogens is 2. The Morgan fingerprint density at radius 3 is 2.82 bits per heavy atom. The molecule has 152 valence electrons. The number of amides is 1. The van der Waals surface area contributed by atoms with Crippen molar-refractivity contribution in [1.82, 2.24) is 14.5 Å². The van der Waals surface area contributed by atoms with Gasteiger partial charge in [-0.05, 0) is 49.8 Å². The van der Waals surface area contributed by atoms with Gasteiger partial charge in [0.2, 0.25) is 5.91 Å². The molecule has 1 aromatic heterocycles. The Morgan fingerprint density at radius 2 is 2.11 bits per heavy atom. The minimum atomic E-state index is -0.291. The van der Waals surface area contributed by atoms with Crippen LogP contribution in [0.5, 0.6) is 0 Å². The molecule has 1 aromatic carbocycles. The van der Waals surface area contributed by atoms with E-state index >= 15 is 0 Å². The molecule has 1 aliphatic rings. The van der Waals surface area contributed by atoms with E-state index in [9.17, 15) is 9.18 Å². The van der Waals surface area contributed by atoms with Crippen molar-refractivity contribution < 1.29 is 13.9 Å². The van der Waals surface area contributed by atoms with Crippen LogP contribution in [0.15, 0.2) is 30.5 Å². The van der Waals surface area contributed by atoms with Crippen LogP contribution < -0.4 is 0 Å². The molecular formula is C22H30FN3O2. The van der Waals surface area contributed by atoms with Crippen LogP contribution >= 0.6 is 0 Å². The molecule has 28 heavy (non-hydrogen) atoms.